The van der Waals surface area contributed by atoms with Crippen LogP contribution in [-0.4, -0.2) is 40.4 Å². The quantitative estimate of drug-likeness (QED) is 0.650. The van der Waals surface area contributed by atoms with E-state index in [1.165, 1.54) is 18.4 Å². The molecule has 1 atom stereocenters. The molecule has 0 unspecified atom stereocenters. The molecule has 32 heavy (non-hydrogen) atoms. The number of anilines is 2. The number of hydrogen-bond donors (Lipinski definition) is 2. The second-order valence-electron chi connectivity index (χ2n) is 7.73. The Labute approximate surface area is 190 Å². The van der Waals surface area contributed by atoms with Gasteiger partial charge in [-0.25, -0.2) is 22.8 Å². The maximum atomic E-state index is 13.9. The van der Waals surface area contributed by atoms with E-state index in [0.29, 0.717) is 11.3 Å². The number of nitrogens with zero attached hydrogens (tertiary/aromatic N) is 3. The lowest BCUT2D eigenvalue weighted by Gasteiger charge is -2.25. The summed E-state index contributed by atoms with van der Waals surface area (Å²) in [5.41, 5.74) is 0.599. The van der Waals surface area contributed by atoms with Crippen molar-refractivity contribution >= 4 is 38.7 Å². The van der Waals surface area contributed by atoms with Crippen molar-refractivity contribution in [3.63, 3.8) is 0 Å². The Hall–Kier alpha value is -2.77. The molecule has 1 saturated heterocycles. The summed E-state index contributed by atoms with van der Waals surface area (Å²) in [5.74, 6) is -3.28. The van der Waals surface area contributed by atoms with Gasteiger partial charge in [-0.15, -0.1) is 0 Å². The molecule has 1 amide bonds. The van der Waals surface area contributed by atoms with Gasteiger partial charge in [0.1, 0.15) is 11.9 Å². The fourth-order valence-corrected chi connectivity index (χ4v) is 4.40. The lowest BCUT2D eigenvalue weighted by Crippen LogP contribution is -2.30. The van der Waals surface area contributed by atoms with E-state index in [2.05, 4.69) is 10.3 Å². The number of aromatic nitrogens is 1. The molecule has 2 N–H and O–H groups in total. The van der Waals surface area contributed by atoms with Gasteiger partial charge >= 0.3 is 0 Å². The summed E-state index contributed by atoms with van der Waals surface area (Å²) in [4.78, 5) is 19.3. The summed E-state index contributed by atoms with van der Waals surface area (Å²) in [6, 6.07) is 7.99. The minimum absolute atomic E-state index is 0.0121. The Morgan fingerprint density at radius 1 is 1.38 bits per heavy atom. The van der Waals surface area contributed by atoms with Crippen molar-refractivity contribution in [3.05, 3.63) is 46.1 Å². The Kier molecular flexibility index (Phi) is 6.72. The van der Waals surface area contributed by atoms with E-state index in [1.807, 2.05) is 6.07 Å². The Morgan fingerprint density at radius 2 is 2.09 bits per heavy atom. The molecule has 1 aliphatic rings. The maximum absolute atomic E-state index is 13.9. The van der Waals surface area contributed by atoms with Crippen LogP contribution < -0.4 is 10.2 Å². The van der Waals surface area contributed by atoms with Crippen molar-refractivity contribution in [1.82, 2.24) is 4.98 Å². The molecule has 1 aliphatic heterocycles. The van der Waals surface area contributed by atoms with E-state index in [-0.39, 0.29) is 52.9 Å². The number of halogens is 3. The summed E-state index contributed by atoms with van der Waals surface area (Å²) in [6.07, 6.45) is 0.819. The molecule has 1 aromatic heterocycles. The molecule has 1 fully saturated rings. The Morgan fingerprint density at radius 3 is 2.75 bits per heavy atom. The van der Waals surface area contributed by atoms with Gasteiger partial charge in [-0.2, -0.15) is 5.26 Å². The number of nitriles is 1. The average molecular weight is 482 g/mol. The molecule has 0 radical (unpaired) electrons. The Bertz CT molecular complexity index is 1210. The Balaban J connectivity index is 2.04. The van der Waals surface area contributed by atoms with E-state index < -0.39 is 28.0 Å². The van der Waals surface area contributed by atoms with Crippen LogP contribution in [-0.2, 0) is 9.73 Å². The molecule has 1 aromatic carbocycles. The zero-order valence-corrected chi connectivity index (χ0v) is 19.1. The van der Waals surface area contributed by atoms with Gasteiger partial charge in [-0.05, 0) is 37.1 Å². The highest BCUT2D eigenvalue weighted by atomic mass is 35.5. The van der Waals surface area contributed by atoms with Crippen molar-refractivity contribution in [2.75, 3.05) is 29.6 Å². The number of nitrogens with one attached hydrogen (secondary N) is 2. The molecule has 0 spiro atoms. The third-order valence-electron chi connectivity index (χ3n) is 5.25. The van der Waals surface area contributed by atoms with Gasteiger partial charge in [0.25, 0.3) is 5.91 Å². The fourth-order valence-electron chi connectivity index (χ4n) is 3.53. The third kappa shape index (κ3) is 5.16. The van der Waals surface area contributed by atoms with Gasteiger partial charge in [0.2, 0.25) is 5.92 Å². The summed E-state index contributed by atoms with van der Waals surface area (Å²) in [7, 11) is -2.99. The first-order valence-corrected chi connectivity index (χ1v) is 12.2. The topological polar surface area (TPSA) is 110 Å². The maximum Gasteiger partial charge on any atom is 0.259 e. The molecule has 2 aromatic rings. The van der Waals surface area contributed by atoms with Crippen LogP contribution in [0.5, 0.6) is 0 Å². The van der Waals surface area contributed by atoms with E-state index >= 15 is 0 Å². The van der Waals surface area contributed by atoms with E-state index in [4.69, 9.17) is 16.4 Å². The average Bonchev–Trinajstić information content (AvgIpc) is 2.89. The number of hydrogen-bond acceptors (Lipinski definition) is 6. The summed E-state index contributed by atoms with van der Waals surface area (Å²) < 4.78 is 47.5. The molecular formula is C21H22ClF2N5O2S. The van der Waals surface area contributed by atoms with Crippen molar-refractivity contribution in [1.29, 1.82) is 10.0 Å². The van der Waals surface area contributed by atoms with Crippen LogP contribution >= 0.6 is 11.6 Å². The normalized spacial score (nSPS) is 17.7. The number of benzene rings is 1. The van der Waals surface area contributed by atoms with Crippen molar-refractivity contribution in [2.45, 2.75) is 37.0 Å². The van der Waals surface area contributed by atoms with E-state index in [1.54, 1.807) is 24.0 Å². The number of amides is 1. The molecule has 0 saturated carbocycles. The van der Waals surface area contributed by atoms with Crippen molar-refractivity contribution in [2.24, 2.45) is 0 Å². The van der Waals surface area contributed by atoms with Gasteiger partial charge in [-0.1, -0.05) is 17.7 Å². The van der Waals surface area contributed by atoms with Crippen LogP contribution in [0.25, 0.3) is 0 Å². The monoisotopic (exact) mass is 481 g/mol. The summed E-state index contributed by atoms with van der Waals surface area (Å²) in [6.45, 7) is 1.79. The minimum atomic E-state index is -2.99. The smallest absolute Gasteiger partial charge is 0.259 e. The molecule has 0 aliphatic carbocycles. The fraction of sp³-hybridized carbons (Fsp3) is 0.381. The van der Waals surface area contributed by atoms with E-state index in [9.17, 15) is 23.0 Å². The number of carbonyl (C=O) groups excluding carboxylic acids is 1. The van der Waals surface area contributed by atoms with Gasteiger partial charge in [0, 0.05) is 42.8 Å². The lowest BCUT2D eigenvalue weighted by molar-refractivity contribution is -0.0102. The predicted octanol–water partition coefficient (Wildman–Crippen LogP) is 4.83. The van der Waals surface area contributed by atoms with Crippen molar-refractivity contribution in [3.8, 4) is 6.07 Å². The lowest BCUT2D eigenvalue weighted by atomic mass is 10.1. The molecular weight excluding hydrogens is 460 g/mol. The highest BCUT2D eigenvalue weighted by molar-refractivity contribution is 7.91. The van der Waals surface area contributed by atoms with Gasteiger partial charge in [0.05, 0.1) is 20.3 Å². The van der Waals surface area contributed by atoms with Crippen LogP contribution in [0.3, 0.4) is 0 Å². The second-order valence-corrected chi connectivity index (χ2v) is 10.3. The van der Waals surface area contributed by atoms with Gasteiger partial charge in [0.15, 0.2) is 5.69 Å². The second kappa shape index (κ2) is 9.00. The standard InChI is InChI=1S/C21H22ClF2N5O2S/c1-13-17(20(30)27-14-5-3-6-15(11-14)32(2,26)31)19(28-16(12-25)18(13)22)29-9-4-7-21(23,24)8-10-29/h3,5-6,11,26H,4,7-10H2,1-2H3,(H,27,30)/t32-/m1/s1. The van der Waals surface area contributed by atoms with Crippen LogP contribution in [0.15, 0.2) is 29.2 Å². The number of carbonyl (C=O) groups is 1. The predicted molar refractivity (Wildman–Crippen MR) is 119 cm³/mol. The summed E-state index contributed by atoms with van der Waals surface area (Å²) >= 11 is 6.25. The van der Waals surface area contributed by atoms with Crippen LogP contribution in [0.1, 0.15) is 40.9 Å². The highest BCUT2D eigenvalue weighted by Crippen LogP contribution is 2.34. The third-order valence-corrected chi connectivity index (χ3v) is 6.86. The zero-order chi connectivity index (χ0) is 23.7. The molecule has 2 heterocycles. The van der Waals surface area contributed by atoms with Crippen LogP contribution in [0, 0.1) is 23.0 Å². The molecule has 11 heteroatoms. The number of pyridine rings is 1. The first-order chi connectivity index (χ1) is 14.9. The van der Waals surface area contributed by atoms with Gasteiger partial charge in [-0.3, -0.25) is 4.79 Å². The zero-order valence-electron chi connectivity index (χ0n) is 17.5. The first-order valence-electron chi connectivity index (χ1n) is 9.81. The molecule has 7 nitrogen and oxygen atoms in total. The van der Waals surface area contributed by atoms with Crippen LogP contribution in [0.2, 0.25) is 5.02 Å². The minimum Gasteiger partial charge on any atom is -0.356 e. The highest BCUT2D eigenvalue weighted by Gasteiger charge is 2.34. The van der Waals surface area contributed by atoms with E-state index in [0.717, 1.165) is 0 Å². The molecule has 3 rings (SSSR count). The number of alkyl halides is 2. The summed E-state index contributed by atoms with van der Waals surface area (Å²) in [5, 5.41) is 12.1. The first kappa shape index (κ1) is 23.9. The molecule has 0 bridgehead atoms. The van der Waals surface area contributed by atoms with Gasteiger partial charge < -0.3 is 10.2 Å². The number of rotatable bonds is 4. The van der Waals surface area contributed by atoms with Crippen LogP contribution in [0.4, 0.5) is 20.3 Å². The molecule has 170 valence electrons. The largest absolute Gasteiger partial charge is 0.356 e. The SMILES string of the molecule is Cc1c(Cl)c(C#N)nc(N2CCCC(F)(F)CC2)c1C(=O)Nc1cccc([S@](C)(=N)=O)c1. The van der Waals surface area contributed by atoms with Crippen molar-refractivity contribution < 1.29 is 17.8 Å².